The van der Waals surface area contributed by atoms with Gasteiger partial charge in [-0.15, -0.1) is 0 Å². The molecular weight excluding hydrogens is 342 g/mol. The van der Waals surface area contributed by atoms with Crippen LogP contribution >= 0.6 is 0 Å². The zero-order valence-corrected chi connectivity index (χ0v) is 14.2. The fourth-order valence-electron chi connectivity index (χ4n) is 2.02. The Morgan fingerprint density at radius 2 is 1.88 bits per heavy atom. The van der Waals surface area contributed by atoms with Gasteiger partial charge in [0.15, 0.2) is 23.9 Å². The number of rotatable bonds is 8. The molecule has 0 saturated carbocycles. The van der Waals surface area contributed by atoms with Crippen LogP contribution in [0.25, 0.3) is 0 Å². The number of hydrogen-bond acceptors (Lipinski definition) is 7. The van der Waals surface area contributed by atoms with Crippen molar-refractivity contribution in [1.82, 2.24) is 5.43 Å². The molecule has 2 aromatic carbocycles. The Morgan fingerprint density at radius 3 is 2.58 bits per heavy atom. The highest BCUT2D eigenvalue weighted by Gasteiger charge is 2.14. The molecule has 9 heteroatoms. The van der Waals surface area contributed by atoms with E-state index in [-0.39, 0.29) is 11.4 Å². The molecule has 0 aliphatic heterocycles. The van der Waals surface area contributed by atoms with Gasteiger partial charge < -0.3 is 14.2 Å². The number of amides is 1. The minimum absolute atomic E-state index is 0.0107. The third kappa shape index (κ3) is 4.94. The van der Waals surface area contributed by atoms with E-state index in [2.05, 4.69) is 10.5 Å². The molecular formula is C17H17N3O6. The summed E-state index contributed by atoms with van der Waals surface area (Å²) in [4.78, 5) is 22.0. The van der Waals surface area contributed by atoms with Gasteiger partial charge in [-0.3, -0.25) is 14.9 Å². The lowest BCUT2D eigenvalue weighted by Crippen LogP contribution is -2.24. The van der Waals surface area contributed by atoms with Crippen molar-refractivity contribution in [2.45, 2.75) is 0 Å². The summed E-state index contributed by atoms with van der Waals surface area (Å²) in [6.07, 6.45) is 1.42. The first kappa shape index (κ1) is 18.7. The number of methoxy groups -OCH3 is 2. The van der Waals surface area contributed by atoms with Crippen molar-refractivity contribution in [2.24, 2.45) is 5.10 Å². The van der Waals surface area contributed by atoms with Gasteiger partial charge in [0.1, 0.15) is 0 Å². The zero-order valence-electron chi connectivity index (χ0n) is 14.2. The molecule has 0 atom stereocenters. The number of carbonyl (C=O) groups is 1. The quantitative estimate of drug-likeness (QED) is 0.439. The average Bonchev–Trinajstić information content (AvgIpc) is 2.66. The number of benzene rings is 2. The molecule has 0 fully saturated rings. The fourth-order valence-corrected chi connectivity index (χ4v) is 2.02. The summed E-state index contributed by atoms with van der Waals surface area (Å²) < 4.78 is 15.5. The summed E-state index contributed by atoms with van der Waals surface area (Å²) >= 11 is 0. The Labute approximate surface area is 149 Å². The summed E-state index contributed by atoms with van der Waals surface area (Å²) in [7, 11) is 3.05. The van der Waals surface area contributed by atoms with Gasteiger partial charge in [-0.2, -0.15) is 5.10 Å². The van der Waals surface area contributed by atoms with E-state index in [1.165, 1.54) is 38.6 Å². The molecule has 0 radical (unpaired) electrons. The Bertz CT molecular complexity index is 822. The summed E-state index contributed by atoms with van der Waals surface area (Å²) in [5.74, 6) is 0.561. The van der Waals surface area contributed by atoms with Gasteiger partial charge in [-0.25, -0.2) is 5.43 Å². The molecule has 1 N–H and O–H groups in total. The normalized spacial score (nSPS) is 10.4. The van der Waals surface area contributed by atoms with E-state index in [0.29, 0.717) is 17.1 Å². The van der Waals surface area contributed by atoms with Crippen LogP contribution in [0.3, 0.4) is 0 Å². The first-order chi connectivity index (χ1) is 12.5. The highest BCUT2D eigenvalue weighted by Crippen LogP contribution is 2.27. The van der Waals surface area contributed by atoms with E-state index in [9.17, 15) is 14.9 Å². The van der Waals surface area contributed by atoms with Crippen molar-refractivity contribution in [2.75, 3.05) is 20.8 Å². The SMILES string of the molecule is COc1ccc(/C=N/NC(=O)COc2ccccc2[N+](=O)[O-])cc1OC. The Kier molecular flexibility index (Phi) is 6.49. The van der Waals surface area contributed by atoms with Gasteiger partial charge in [0.25, 0.3) is 5.91 Å². The van der Waals surface area contributed by atoms with Gasteiger partial charge in [-0.1, -0.05) is 12.1 Å². The number of nitrogens with zero attached hydrogens (tertiary/aromatic N) is 2. The van der Waals surface area contributed by atoms with Crippen molar-refractivity contribution >= 4 is 17.8 Å². The van der Waals surface area contributed by atoms with E-state index in [1.807, 2.05) is 0 Å². The second kappa shape index (κ2) is 9.02. The molecule has 0 saturated heterocycles. The fraction of sp³-hybridized carbons (Fsp3) is 0.176. The molecule has 2 aromatic rings. The number of hydrogen-bond donors (Lipinski definition) is 1. The molecule has 0 unspecified atom stereocenters. The Hall–Kier alpha value is -3.62. The molecule has 0 heterocycles. The molecule has 0 aliphatic carbocycles. The number of nitro benzene ring substituents is 1. The lowest BCUT2D eigenvalue weighted by molar-refractivity contribution is -0.385. The summed E-state index contributed by atoms with van der Waals surface area (Å²) in [6, 6.07) is 10.9. The van der Waals surface area contributed by atoms with E-state index in [4.69, 9.17) is 14.2 Å². The summed E-state index contributed by atoms with van der Waals surface area (Å²) in [6.45, 7) is -0.409. The third-order valence-corrected chi connectivity index (χ3v) is 3.23. The molecule has 0 aromatic heterocycles. The second-order valence-electron chi connectivity index (χ2n) is 4.92. The maximum Gasteiger partial charge on any atom is 0.310 e. The van der Waals surface area contributed by atoms with Crippen LogP contribution < -0.4 is 19.6 Å². The van der Waals surface area contributed by atoms with Crippen molar-refractivity contribution < 1.29 is 23.9 Å². The Morgan fingerprint density at radius 1 is 1.15 bits per heavy atom. The molecule has 136 valence electrons. The lowest BCUT2D eigenvalue weighted by Gasteiger charge is -2.07. The smallest absolute Gasteiger partial charge is 0.310 e. The van der Waals surface area contributed by atoms with Crippen molar-refractivity contribution in [3.63, 3.8) is 0 Å². The maximum absolute atomic E-state index is 11.7. The number of hydrazone groups is 1. The molecule has 0 aliphatic rings. The monoisotopic (exact) mass is 359 g/mol. The van der Waals surface area contributed by atoms with E-state index < -0.39 is 17.4 Å². The van der Waals surface area contributed by atoms with Crippen LogP contribution in [0.4, 0.5) is 5.69 Å². The van der Waals surface area contributed by atoms with Crippen LogP contribution in [-0.4, -0.2) is 37.9 Å². The molecule has 1 amide bonds. The largest absolute Gasteiger partial charge is 0.493 e. The summed E-state index contributed by atoms with van der Waals surface area (Å²) in [5, 5.41) is 14.7. The van der Waals surface area contributed by atoms with Crippen molar-refractivity contribution in [3.8, 4) is 17.2 Å². The highest BCUT2D eigenvalue weighted by atomic mass is 16.6. The van der Waals surface area contributed by atoms with Crippen LogP contribution in [0, 0.1) is 10.1 Å². The number of para-hydroxylation sites is 2. The van der Waals surface area contributed by atoms with Crippen LogP contribution in [0.5, 0.6) is 17.2 Å². The molecule has 9 nitrogen and oxygen atoms in total. The molecule has 0 bridgehead atoms. The van der Waals surface area contributed by atoms with Crippen LogP contribution in [0.2, 0.25) is 0 Å². The standard InChI is InChI=1S/C17H17N3O6/c1-24-15-8-7-12(9-16(15)25-2)10-18-19-17(21)11-26-14-6-4-3-5-13(14)20(22)23/h3-10H,11H2,1-2H3,(H,19,21)/b18-10+. The predicted octanol–water partition coefficient (Wildman–Crippen LogP) is 2.14. The number of carbonyl (C=O) groups excluding carboxylic acids is 1. The molecule has 26 heavy (non-hydrogen) atoms. The van der Waals surface area contributed by atoms with E-state index in [1.54, 1.807) is 24.3 Å². The van der Waals surface area contributed by atoms with Gasteiger partial charge in [-0.05, 0) is 29.8 Å². The minimum atomic E-state index is -0.581. The van der Waals surface area contributed by atoms with Gasteiger partial charge in [0, 0.05) is 6.07 Å². The Balaban J connectivity index is 1.91. The zero-order chi connectivity index (χ0) is 18.9. The van der Waals surface area contributed by atoms with Crippen molar-refractivity contribution in [1.29, 1.82) is 0 Å². The number of nitro groups is 1. The lowest BCUT2D eigenvalue weighted by atomic mass is 10.2. The first-order valence-electron chi connectivity index (χ1n) is 7.45. The van der Waals surface area contributed by atoms with Gasteiger partial charge >= 0.3 is 5.69 Å². The van der Waals surface area contributed by atoms with Gasteiger partial charge in [0.05, 0.1) is 25.4 Å². The topological polar surface area (TPSA) is 112 Å². The van der Waals surface area contributed by atoms with Crippen molar-refractivity contribution in [3.05, 3.63) is 58.1 Å². The minimum Gasteiger partial charge on any atom is -0.493 e. The number of nitrogens with one attached hydrogen (secondary N) is 1. The molecule has 2 rings (SSSR count). The van der Waals surface area contributed by atoms with E-state index >= 15 is 0 Å². The van der Waals surface area contributed by atoms with Gasteiger partial charge in [0.2, 0.25) is 0 Å². The van der Waals surface area contributed by atoms with Crippen LogP contribution in [0.15, 0.2) is 47.6 Å². The van der Waals surface area contributed by atoms with Crippen LogP contribution in [-0.2, 0) is 4.79 Å². The number of ether oxygens (including phenoxy) is 3. The first-order valence-corrected chi connectivity index (χ1v) is 7.45. The second-order valence-corrected chi connectivity index (χ2v) is 4.92. The van der Waals surface area contributed by atoms with E-state index in [0.717, 1.165) is 0 Å². The highest BCUT2D eigenvalue weighted by molar-refractivity contribution is 5.83. The predicted molar refractivity (Wildman–Crippen MR) is 93.9 cm³/mol. The maximum atomic E-state index is 11.7. The third-order valence-electron chi connectivity index (χ3n) is 3.23. The average molecular weight is 359 g/mol. The van der Waals surface area contributed by atoms with Crippen LogP contribution in [0.1, 0.15) is 5.56 Å². The summed E-state index contributed by atoms with van der Waals surface area (Å²) in [5.41, 5.74) is 2.75. The molecule has 0 spiro atoms.